The van der Waals surface area contributed by atoms with E-state index in [0.717, 1.165) is 5.56 Å². The Kier molecular flexibility index (Phi) is 5.15. The molecule has 0 aliphatic rings. The van der Waals surface area contributed by atoms with Crippen LogP contribution in [0.2, 0.25) is 0 Å². The van der Waals surface area contributed by atoms with E-state index in [9.17, 15) is 13.5 Å². The van der Waals surface area contributed by atoms with Crippen molar-refractivity contribution in [2.75, 3.05) is 6.61 Å². The fourth-order valence-corrected chi connectivity index (χ4v) is 4.67. The Labute approximate surface area is 126 Å². The average Bonchev–Trinajstić information content (AvgIpc) is 2.54. The molecule has 0 saturated carbocycles. The van der Waals surface area contributed by atoms with Gasteiger partial charge in [-0.05, 0) is 24.1 Å². The van der Waals surface area contributed by atoms with E-state index in [1.807, 2.05) is 37.3 Å². The number of aliphatic hydroxyl groups excluding tert-OH is 1. The van der Waals surface area contributed by atoms with Crippen LogP contribution in [-0.2, 0) is 9.84 Å². The van der Waals surface area contributed by atoms with Gasteiger partial charge in [0.1, 0.15) is 0 Å². The third-order valence-corrected chi connectivity index (χ3v) is 5.98. The van der Waals surface area contributed by atoms with Crippen molar-refractivity contribution in [3.8, 4) is 0 Å². The highest BCUT2D eigenvalue weighted by atomic mass is 32.2. The van der Waals surface area contributed by atoms with Crippen molar-refractivity contribution in [3.05, 3.63) is 66.2 Å². The van der Waals surface area contributed by atoms with E-state index in [4.69, 9.17) is 0 Å². The number of hydrogen-bond donors (Lipinski definition) is 1. The molecule has 2 aromatic rings. The first-order valence-corrected chi connectivity index (χ1v) is 8.60. The van der Waals surface area contributed by atoms with E-state index in [2.05, 4.69) is 0 Å². The summed E-state index contributed by atoms with van der Waals surface area (Å²) in [7, 11) is -3.54. The van der Waals surface area contributed by atoms with Gasteiger partial charge in [0.15, 0.2) is 9.84 Å². The summed E-state index contributed by atoms with van der Waals surface area (Å²) in [6.07, 6.45) is 0.599. The first kappa shape index (κ1) is 15.7. The van der Waals surface area contributed by atoms with Gasteiger partial charge in [0, 0.05) is 12.5 Å². The van der Waals surface area contributed by atoms with Crippen LogP contribution in [-0.4, -0.2) is 20.1 Å². The van der Waals surface area contributed by atoms with Crippen molar-refractivity contribution >= 4 is 9.84 Å². The summed E-state index contributed by atoms with van der Waals surface area (Å²) >= 11 is 0. The molecular weight excluding hydrogens is 284 g/mol. The fraction of sp³-hybridized carbons (Fsp3) is 0.294. The second-order valence-corrected chi connectivity index (χ2v) is 7.11. The van der Waals surface area contributed by atoms with E-state index in [0.29, 0.717) is 11.3 Å². The highest BCUT2D eigenvalue weighted by molar-refractivity contribution is 7.91. The first-order chi connectivity index (χ1) is 10.1. The maximum absolute atomic E-state index is 13.0. The van der Waals surface area contributed by atoms with Gasteiger partial charge in [0.2, 0.25) is 0 Å². The van der Waals surface area contributed by atoms with Crippen molar-refractivity contribution in [2.24, 2.45) is 5.92 Å². The summed E-state index contributed by atoms with van der Waals surface area (Å²) in [6.45, 7) is 1.75. The molecule has 2 aromatic carbocycles. The molecule has 21 heavy (non-hydrogen) atoms. The molecular formula is C17H20O3S. The van der Waals surface area contributed by atoms with Gasteiger partial charge >= 0.3 is 0 Å². The quantitative estimate of drug-likeness (QED) is 0.891. The van der Waals surface area contributed by atoms with E-state index in [1.54, 1.807) is 30.3 Å². The molecule has 0 spiro atoms. The normalized spacial score (nSPS) is 14.6. The second kappa shape index (κ2) is 6.87. The predicted octanol–water partition coefficient (Wildman–Crippen LogP) is 3.22. The lowest BCUT2D eigenvalue weighted by molar-refractivity contribution is 0.217. The largest absolute Gasteiger partial charge is 0.396 e. The molecule has 2 atom stereocenters. The molecule has 4 heteroatoms. The van der Waals surface area contributed by atoms with Crippen molar-refractivity contribution in [3.63, 3.8) is 0 Å². The number of rotatable bonds is 6. The zero-order valence-corrected chi connectivity index (χ0v) is 12.8. The molecule has 1 N–H and O–H groups in total. The minimum Gasteiger partial charge on any atom is -0.396 e. The highest BCUT2D eigenvalue weighted by Crippen LogP contribution is 2.36. The second-order valence-electron chi connectivity index (χ2n) is 5.04. The smallest absolute Gasteiger partial charge is 0.185 e. The van der Waals surface area contributed by atoms with Gasteiger partial charge in [-0.15, -0.1) is 0 Å². The van der Waals surface area contributed by atoms with Crippen LogP contribution in [0.1, 0.15) is 24.2 Å². The van der Waals surface area contributed by atoms with Gasteiger partial charge in [-0.2, -0.15) is 0 Å². The molecule has 0 fully saturated rings. The lowest BCUT2D eigenvalue weighted by atomic mass is 9.97. The lowest BCUT2D eigenvalue weighted by Gasteiger charge is -2.25. The monoisotopic (exact) mass is 304 g/mol. The van der Waals surface area contributed by atoms with E-state index < -0.39 is 15.1 Å². The van der Waals surface area contributed by atoms with E-state index >= 15 is 0 Å². The number of aliphatic hydroxyl groups is 1. The number of sulfone groups is 1. The zero-order chi connectivity index (χ0) is 15.3. The maximum Gasteiger partial charge on any atom is 0.185 e. The summed E-state index contributed by atoms with van der Waals surface area (Å²) in [4.78, 5) is 0.297. The number of hydrogen-bond acceptors (Lipinski definition) is 3. The third kappa shape index (κ3) is 3.34. The summed E-state index contributed by atoms with van der Waals surface area (Å²) in [6, 6.07) is 17.6. The van der Waals surface area contributed by atoms with Crippen LogP contribution >= 0.6 is 0 Å². The van der Waals surface area contributed by atoms with Crippen molar-refractivity contribution in [2.45, 2.75) is 23.5 Å². The first-order valence-electron chi connectivity index (χ1n) is 7.06. The van der Waals surface area contributed by atoms with Crippen LogP contribution in [0.3, 0.4) is 0 Å². The SMILES string of the molecule is CCC(CO)C(c1ccccc1)S(=O)(=O)c1ccccc1. The maximum atomic E-state index is 13.0. The Hall–Kier alpha value is -1.65. The van der Waals surface area contributed by atoms with E-state index in [1.165, 1.54) is 0 Å². The average molecular weight is 304 g/mol. The molecule has 0 aliphatic heterocycles. The standard InChI is InChI=1S/C17H20O3S/c1-2-14(13-18)17(15-9-5-3-6-10-15)21(19,20)16-11-7-4-8-12-16/h3-12,14,17-18H,2,13H2,1H3. The molecule has 112 valence electrons. The Bertz CT molecular complexity index is 647. The third-order valence-electron chi connectivity index (χ3n) is 3.72. The Morgan fingerprint density at radius 3 is 1.95 bits per heavy atom. The van der Waals surface area contributed by atoms with Crippen LogP contribution in [0, 0.1) is 5.92 Å². The summed E-state index contributed by atoms with van der Waals surface area (Å²) in [5, 5.41) is 8.88. The lowest BCUT2D eigenvalue weighted by Crippen LogP contribution is -2.24. The molecule has 3 nitrogen and oxygen atoms in total. The Balaban J connectivity index is 2.55. The van der Waals surface area contributed by atoms with Gasteiger partial charge in [-0.1, -0.05) is 55.5 Å². The summed E-state index contributed by atoms with van der Waals surface area (Å²) in [5.41, 5.74) is 0.724. The fourth-order valence-electron chi connectivity index (χ4n) is 2.54. The van der Waals surface area contributed by atoms with Gasteiger partial charge in [-0.25, -0.2) is 8.42 Å². The van der Waals surface area contributed by atoms with Crippen LogP contribution < -0.4 is 0 Å². The molecule has 0 radical (unpaired) electrons. The molecule has 0 heterocycles. The van der Waals surface area contributed by atoms with Crippen LogP contribution in [0.25, 0.3) is 0 Å². The van der Waals surface area contributed by atoms with Gasteiger partial charge in [0.25, 0.3) is 0 Å². The van der Waals surface area contributed by atoms with Crippen LogP contribution in [0.15, 0.2) is 65.6 Å². The molecule has 2 rings (SSSR count). The zero-order valence-electron chi connectivity index (χ0n) is 12.0. The Morgan fingerprint density at radius 1 is 0.952 bits per heavy atom. The minimum absolute atomic E-state index is 0.151. The Morgan fingerprint density at radius 2 is 1.48 bits per heavy atom. The van der Waals surface area contributed by atoms with Gasteiger partial charge in [-0.3, -0.25) is 0 Å². The molecule has 0 bridgehead atoms. The molecule has 0 saturated heterocycles. The number of benzene rings is 2. The summed E-state index contributed by atoms with van der Waals surface area (Å²) < 4.78 is 26.0. The van der Waals surface area contributed by atoms with Crippen molar-refractivity contribution in [1.29, 1.82) is 0 Å². The summed E-state index contributed by atoms with van der Waals surface area (Å²) in [5.74, 6) is -0.322. The minimum atomic E-state index is -3.54. The van der Waals surface area contributed by atoms with Gasteiger partial charge < -0.3 is 5.11 Å². The molecule has 0 aromatic heterocycles. The van der Waals surface area contributed by atoms with Crippen molar-refractivity contribution < 1.29 is 13.5 Å². The van der Waals surface area contributed by atoms with Gasteiger partial charge in [0.05, 0.1) is 10.1 Å². The molecule has 0 aliphatic carbocycles. The highest BCUT2D eigenvalue weighted by Gasteiger charge is 2.34. The predicted molar refractivity (Wildman–Crippen MR) is 83.7 cm³/mol. The topological polar surface area (TPSA) is 54.4 Å². The van der Waals surface area contributed by atoms with Crippen molar-refractivity contribution in [1.82, 2.24) is 0 Å². The molecule has 0 amide bonds. The van der Waals surface area contributed by atoms with E-state index in [-0.39, 0.29) is 12.5 Å². The van der Waals surface area contributed by atoms with Crippen LogP contribution in [0.5, 0.6) is 0 Å². The van der Waals surface area contributed by atoms with Crippen LogP contribution in [0.4, 0.5) is 0 Å². The molecule has 2 unspecified atom stereocenters.